The predicted molar refractivity (Wildman–Crippen MR) is 82.4 cm³/mol. The van der Waals surface area contributed by atoms with Crippen LogP contribution < -0.4 is 11.1 Å². The van der Waals surface area contributed by atoms with Gasteiger partial charge in [-0.1, -0.05) is 0 Å². The van der Waals surface area contributed by atoms with Gasteiger partial charge in [-0.05, 0) is 31.3 Å². The third kappa shape index (κ3) is 4.85. The SMILES string of the molecule is CSCCC(NC(=O)C1CCCN1C(=O)C(N)CO)C(=O)O. The number of aliphatic hydroxyl groups excluding tert-OH is 1. The number of amides is 2. The van der Waals surface area contributed by atoms with Crippen LogP contribution in [0, 0.1) is 0 Å². The molecule has 0 aromatic rings. The van der Waals surface area contributed by atoms with E-state index in [1.807, 2.05) is 6.26 Å². The van der Waals surface area contributed by atoms with Crippen LogP contribution in [0.3, 0.4) is 0 Å². The number of carbonyl (C=O) groups excluding carboxylic acids is 2. The molecule has 1 aliphatic rings. The van der Waals surface area contributed by atoms with E-state index in [1.54, 1.807) is 0 Å². The zero-order chi connectivity index (χ0) is 16.7. The van der Waals surface area contributed by atoms with E-state index in [2.05, 4.69) is 5.32 Å². The molecule has 0 aliphatic carbocycles. The van der Waals surface area contributed by atoms with Crippen LogP contribution in [0.4, 0.5) is 0 Å². The summed E-state index contributed by atoms with van der Waals surface area (Å²) in [6.07, 6.45) is 3.28. The van der Waals surface area contributed by atoms with Gasteiger partial charge in [0.15, 0.2) is 0 Å². The third-order valence-corrected chi connectivity index (χ3v) is 4.22. The molecule has 5 N–H and O–H groups in total. The molecule has 126 valence electrons. The molecule has 22 heavy (non-hydrogen) atoms. The van der Waals surface area contributed by atoms with E-state index >= 15 is 0 Å². The maximum absolute atomic E-state index is 12.3. The molecule has 1 heterocycles. The molecule has 1 rings (SSSR count). The number of hydrogen-bond acceptors (Lipinski definition) is 6. The van der Waals surface area contributed by atoms with E-state index in [4.69, 9.17) is 15.9 Å². The van der Waals surface area contributed by atoms with Crippen molar-refractivity contribution in [1.29, 1.82) is 0 Å². The number of nitrogens with one attached hydrogen (secondary N) is 1. The van der Waals surface area contributed by atoms with Crippen molar-refractivity contribution >= 4 is 29.5 Å². The fourth-order valence-corrected chi connectivity index (χ4v) is 2.83. The first-order valence-corrected chi connectivity index (χ1v) is 8.50. The van der Waals surface area contributed by atoms with E-state index < -0.39 is 42.5 Å². The zero-order valence-electron chi connectivity index (χ0n) is 12.5. The molecule has 2 amide bonds. The van der Waals surface area contributed by atoms with E-state index in [-0.39, 0.29) is 0 Å². The van der Waals surface area contributed by atoms with Crippen LogP contribution in [0.1, 0.15) is 19.3 Å². The molecule has 1 saturated heterocycles. The summed E-state index contributed by atoms with van der Waals surface area (Å²) in [5.74, 6) is -1.45. The normalized spacial score (nSPS) is 20.5. The van der Waals surface area contributed by atoms with E-state index in [0.29, 0.717) is 31.6 Å². The summed E-state index contributed by atoms with van der Waals surface area (Å²) in [5, 5.41) is 20.6. The number of carboxylic acids is 1. The van der Waals surface area contributed by atoms with E-state index in [1.165, 1.54) is 16.7 Å². The standard InChI is InChI=1S/C13H23N3O5S/c1-22-6-4-9(13(20)21)15-11(18)10-3-2-5-16(10)12(19)8(14)7-17/h8-10,17H,2-7,14H2,1H3,(H,15,18)(H,20,21). The quantitative estimate of drug-likeness (QED) is 0.430. The highest BCUT2D eigenvalue weighted by atomic mass is 32.2. The lowest BCUT2D eigenvalue weighted by Gasteiger charge is -2.27. The van der Waals surface area contributed by atoms with Gasteiger partial charge < -0.3 is 26.2 Å². The minimum absolute atomic E-state index is 0.319. The van der Waals surface area contributed by atoms with Crippen LogP contribution in [-0.4, -0.2) is 76.2 Å². The second-order valence-corrected chi connectivity index (χ2v) is 6.15. The zero-order valence-corrected chi connectivity index (χ0v) is 13.3. The van der Waals surface area contributed by atoms with Crippen LogP contribution in [0.2, 0.25) is 0 Å². The first kappa shape index (κ1) is 18.7. The van der Waals surface area contributed by atoms with Gasteiger partial charge in [0.1, 0.15) is 18.1 Å². The fourth-order valence-electron chi connectivity index (χ4n) is 2.36. The molecule has 9 heteroatoms. The highest BCUT2D eigenvalue weighted by Gasteiger charge is 2.37. The molecular formula is C13H23N3O5S. The number of nitrogens with two attached hydrogens (primary N) is 1. The number of nitrogens with zero attached hydrogens (tertiary/aromatic N) is 1. The minimum atomic E-state index is -1.09. The van der Waals surface area contributed by atoms with Crippen LogP contribution in [0.5, 0.6) is 0 Å². The van der Waals surface area contributed by atoms with Crippen molar-refractivity contribution in [2.24, 2.45) is 5.73 Å². The van der Waals surface area contributed by atoms with Crippen molar-refractivity contribution in [1.82, 2.24) is 10.2 Å². The van der Waals surface area contributed by atoms with Gasteiger partial charge in [0, 0.05) is 6.54 Å². The third-order valence-electron chi connectivity index (χ3n) is 3.58. The Labute approximate surface area is 133 Å². The first-order valence-electron chi connectivity index (χ1n) is 7.11. The van der Waals surface area contributed by atoms with Crippen LogP contribution in [0.25, 0.3) is 0 Å². The Morgan fingerprint density at radius 2 is 2.14 bits per heavy atom. The minimum Gasteiger partial charge on any atom is -0.480 e. The molecule has 0 aromatic heterocycles. The molecule has 1 fully saturated rings. The molecule has 3 unspecified atom stereocenters. The first-order chi connectivity index (χ1) is 10.4. The monoisotopic (exact) mass is 333 g/mol. The Balaban J connectivity index is 2.69. The summed E-state index contributed by atoms with van der Waals surface area (Å²) >= 11 is 1.50. The number of aliphatic hydroxyl groups is 1. The number of carboxylic acid groups (broad SMARTS) is 1. The lowest BCUT2D eigenvalue weighted by molar-refractivity contribution is -0.144. The topological polar surface area (TPSA) is 133 Å². The fraction of sp³-hybridized carbons (Fsp3) is 0.769. The number of hydrogen-bond donors (Lipinski definition) is 4. The summed E-state index contributed by atoms with van der Waals surface area (Å²) < 4.78 is 0. The lowest BCUT2D eigenvalue weighted by atomic mass is 10.1. The van der Waals surface area contributed by atoms with Gasteiger partial charge in [0.2, 0.25) is 11.8 Å². The van der Waals surface area contributed by atoms with Crippen molar-refractivity contribution in [3.63, 3.8) is 0 Å². The van der Waals surface area contributed by atoms with Gasteiger partial charge in [-0.25, -0.2) is 4.79 Å². The summed E-state index contributed by atoms with van der Waals surface area (Å²) in [7, 11) is 0. The number of carbonyl (C=O) groups is 3. The van der Waals surface area contributed by atoms with Crippen molar-refractivity contribution in [3.05, 3.63) is 0 Å². The van der Waals surface area contributed by atoms with Crippen molar-refractivity contribution in [2.75, 3.05) is 25.2 Å². The summed E-state index contributed by atoms with van der Waals surface area (Å²) in [6, 6.07) is -2.74. The lowest BCUT2D eigenvalue weighted by Crippen LogP contribution is -2.54. The average molecular weight is 333 g/mol. The summed E-state index contributed by atoms with van der Waals surface area (Å²) in [5.41, 5.74) is 5.50. The van der Waals surface area contributed by atoms with Crippen LogP contribution in [-0.2, 0) is 14.4 Å². The predicted octanol–water partition coefficient (Wildman–Crippen LogP) is -1.38. The maximum Gasteiger partial charge on any atom is 0.326 e. The van der Waals surface area contributed by atoms with Crippen molar-refractivity contribution in [3.8, 4) is 0 Å². The molecule has 0 aromatic carbocycles. The Bertz CT molecular complexity index is 420. The number of thioether (sulfide) groups is 1. The summed E-state index contributed by atoms with van der Waals surface area (Å²) in [6.45, 7) is -0.109. The van der Waals surface area contributed by atoms with Crippen LogP contribution in [0.15, 0.2) is 0 Å². The second-order valence-electron chi connectivity index (χ2n) is 5.16. The molecule has 0 bridgehead atoms. The highest BCUT2D eigenvalue weighted by Crippen LogP contribution is 2.18. The smallest absolute Gasteiger partial charge is 0.326 e. The largest absolute Gasteiger partial charge is 0.480 e. The Hall–Kier alpha value is -1.32. The maximum atomic E-state index is 12.3. The van der Waals surface area contributed by atoms with Gasteiger partial charge in [-0.2, -0.15) is 11.8 Å². The van der Waals surface area contributed by atoms with Gasteiger partial charge in [0.25, 0.3) is 0 Å². The second kappa shape index (κ2) is 8.96. The Morgan fingerprint density at radius 1 is 1.45 bits per heavy atom. The van der Waals surface area contributed by atoms with Crippen molar-refractivity contribution in [2.45, 2.75) is 37.4 Å². The Morgan fingerprint density at radius 3 is 2.68 bits per heavy atom. The van der Waals surface area contributed by atoms with Crippen LogP contribution >= 0.6 is 11.8 Å². The number of likely N-dealkylation sites (tertiary alicyclic amines) is 1. The highest BCUT2D eigenvalue weighted by molar-refractivity contribution is 7.98. The number of rotatable bonds is 8. The van der Waals surface area contributed by atoms with Gasteiger partial charge in [-0.3, -0.25) is 9.59 Å². The Kier molecular flexibility index (Phi) is 7.63. The molecule has 0 radical (unpaired) electrons. The van der Waals surface area contributed by atoms with Crippen molar-refractivity contribution < 1.29 is 24.6 Å². The van der Waals surface area contributed by atoms with E-state index in [0.717, 1.165) is 0 Å². The molecule has 8 nitrogen and oxygen atoms in total. The summed E-state index contributed by atoms with van der Waals surface area (Å²) in [4.78, 5) is 36.8. The van der Waals surface area contributed by atoms with Gasteiger partial charge in [0.05, 0.1) is 6.61 Å². The number of aliphatic carboxylic acids is 1. The molecular weight excluding hydrogens is 310 g/mol. The molecule has 3 atom stereocenters. The van der Waals surface area contributed by atoms with Gasteiger partial charge in [-0.15, -0.1) is 0 Å². The molecule has 1 aliphatic heterocycles. The molecule has 0 spiro atoms. The van der Waals surface area contributed by atoms with Gasteiger partial charge >= 0.3 is 5.97 Å². The van der Waals surface area contributed by atoms with E-state index in [9.17, 15) is 14.4 Å². The molecule has 0 saturated carbocycles. The average Bonchev–Trinajstić information content (AvgIpc) is 2.98.